The quantitative estimate of drug-likeness (QED) is 0.651. The molecule has 1 heteroatoms. The van der Waals surface area contributed by atoms with Crippen LogP contribution in [0.15, 0.2) is 11.6 Å². The molecule has 0 aromatic carbocycles. The van der Waals surface area contributed by atoms with Crippen LogP contribution in [-0.2, 0) is 4.79 Å². The van der Waals surface area contributed by atoms with Crippen LogP contribution in [0, 0.1) is 35.0 Å². The van der Waals surface area contributed by atoms with Gasteiger partial charge in [0, 0.05) is 5.92 Å². The molecule has 0 spiro atoms. The van der Waals surface area contributed by atoms with Crippen LogP contribution in [0.1, 0.15) is 71.6 Å². The van der Waals surface area contributed by atoms with Crippen molar-refractivity contribution in [3.8, 4) is 0 Å². The van der Waals surface area contributed by atoms with E-state index in [1.54, 1.807) is 0 Å². The number of ketones is 1. The fourth-order valence-electron chi connectivity index (χ4n) is 6.61. The van der Waals surface area contributed by atoms with E-state index in [4.69, 9.17) is 0 Å². The molecule has 0 bridgehead atoms. The van der Waals surface area contributed by atoms with E-state index in [1.807, 2.05) is 0 Å². The fraction of sp³-hybridized carbons (Fsp3) is 0.850. The van der Waals surface area contributed by atoms with E-state index in [-0.39, 0.29) is 0 Å². The summed E-state index contributed by atoms with van der Waals surface area (Å²) < 4.78 is 0. The summed E-state index contributed by atoms with van der Waals surface area (Å²) in [5.74, 6) is 4.40. The van der Waals surface area contributed by atoms with Gasteiger partial charge in [-0.1, -0.05) is 25.8 Å². The molecular weight excluding hydrogens is 256 g/mol. The van der Waals surface area contributed by atoms with Crippen molar-refractivity contribution in [1.82, 2.24) is 0 Å². The van der Waals surface area contributed by atoms with Crippen LogP contribution >= 0.6 is 0 Å². The lowest BCUT2D eigenvalue weighted by molar-refractivity contribution is -0.120. The molecular formula is C20H30O. The number of hydrogen-bond acceptors (Lipinski definition) is 1. The first-order valence-corrected chi connectivity index (χ1v) is 9.36. The molecule has 3 fully saturated rings. The standard InChI is InChI=1S/C20H30O/c1-3-13-11-17-14(12-19(13)21)6-7-16-15(17)8-10-20(2)9-4-5-18(16)20/h12-13,15-18H,3-11H2,1-2H3/t13?,15-,16+,17-,18-,20-/m0/s1. The van der Waals surface area contributed by atoms with Gasteiger partial charge in [0.05, 0.1) is 0 Å². The molecule has 116 valence electrons. The van der Waals surface area contributed by atoms with Crippen LogP contribution < -0.4 is 0 Å². The van der Waals surface area contributed by atoms with Gasteiger partial charge in [-0.15, -0.1) is 0 Å². The Morgan fingerprint density at radius 1 is 1.19 bits per heavy atom. The molecule has 0 aromatic heterocycles. The van der Waals surface area contributed by atoms with Gasteiger partial charge in [-0.3, -0.25) is 4.79 Å². The molecule has 21 heavy (non-hydrogen) atoms. The Morgan fingerprint density at radius 2 is 2.05 bits per heavy atom. The number of rotatable bonds is 1. The highest BCUT2D eigenvalue weighted by Crippen LogP contribution is 2.61. The van der Waals surface area contributed by atoms with Crippen molar-refractivity contribution in [2.45, 2.75) is 71.6 Å². The minimum absolute atomic E-state index is 0.328. The second-order valence-electron chi connectivity index (χ2n) is 8.63. The Balaban J connectivity index is 1.62. The van der Waals surface area contributed by atoms with Crippen LogP contribution in [0.3, 0.4) is 0 Å². The minimum atomic E-state index is 0.328. The Morgan fingerprint density at radius 3 is 2.86 bits per heavy atom. The lowest BCUT2D eigenvalue weighted by atomic mass is 9.52. The maximum absolute atomic E-state index is 12.2. The number of carbonyl (C=O) groups is 1. The number of fused-ring (bicyclic) bond motifs is 5. The monoisotopic (exact) mass is 286 g/mol. The van der Waals surface area contributed by atoms with Gasteiger partial charge in [0.1, 0.15) is 0 Å². The summed E-state index contributed by atoms with van der Waals surface area (Å²) in [6, 6.07) is 0. The predicted octanol–water partition coefficient (Wildman–Crippen LogP) is 5.15. The van der Waals surface area contributed by atoms with E-state index < -0.39 is 0 Å². The Hall–Kier alpha value is -0.590. The molecule has 0 heterocycles. The molecule has 3 saturated carbocycles. The summed E-state index contributed by atoms with van der Waals surface area (Å²) in [5, 5.41) is 0. The van der Waals surface area contributed by atoms with Gasteiger partial charge in [-0.25, -0.2) is 0 Å². The average Bonchev–Trinajstić information content (AvgIpc) is 2.88. The molecule has 0 N–H and O–H groups in total. The third-order valence-electron chi connectivity index (χ3n) is 7.79. The molecule has 4 aliphatic carbocycles. The van der Waals surface area contributed by atoms with Crippen LogP contribution in [-0.4, -0.2) is 5.78 Å². The normalized spacial score (nSPS) is 49.1. The topological polar surface area (TPSA) is 17.1 Å². The van der Waals surface area contributed by atoms with Gasteiger partial charge in [-0.05, 0) is 86.5 Å². The third kappa shape index (κ3) is 2.06. The van der Waals surface area contributed by atoms with Gasteiger partial charge in [0.2, 0.25) is 0 Å². The molecule has 0 aromatic rings. The maximum Gasteiger partial charge on any atom is 0.158 e. The van der Waals surface area contributed by atoms with Crippen LogP contribution in [0.25, 0.3) is 0 Å². The van der Waals surface area contributed by atoms with Crippen LogP contribution in [0.5, 0.6) is 0 Å². The second kappa shape index (κ2) is 4.96. The summed E-state index contributed by atoms with van der Waals surface area (Å²) in [7, 11) is 0. The van der Waals surface area contributed by atoms with Crippen molar-refractivity contribution < 1.29 is 4.79 Å². The van der Waals surface area contributed by atoms with Crippen molar-refractivity contribution in [3.63, 3.8) is 0 Å². The Bertz CT molecular complexity index is 476. The molecule has 0 radical (unpaired) electrons. The molecule has 4 rings (SSSR count). The summed E-state index contributed by atoms with van der Waals surface area (Å²) >= 11 is 0. The van der Waals surface area contributed by atoms with E-state index in [9.17, 15) is 4.79 Å². The van der Waals surface area contributed by atoms with E-state index in [1.165, 1.54) is 56.9 Å². The third-order valence-corrected chi connectivity index (χ3v) is 7.79. The zero-order valence-electron chi connectivity index (χ0n) is 13.7. The van der Waals surface area contributed by atoms with Crippen LogP contribution in [0.4, 0.5) is 0 Å². The van der Waals surface area contributed by atoms with Gasteiger partial charge in [0.15, 0.2) is 5.78 Å². The van der Waals surface area contributed by atoms with E-state index in [0.29, 0.717) is 17.1 Å². The molecule has 0 amide bonds. The molecule has 1 unspecified atom stereocenters. The number of allylic oxidation sites excluding steroid dienone is 1. The summed E-state index contributed by atoms with van der Waals surface area (Å²) in [5.41, 5.74) is 2.20. The lowest BCUT2D eigenvalue weighted by Crippen LogP contribution is -2.45. The zero-order valence-corrected chi connectivity index (χ0v) is 13.7. The highest BCUT2D eigenvalue weighted by molar-refractivity contribution is 5.93. The van der Waals surface area contributed by atoms with Gasteiger partial charge in [0.25, 0.3) is 0 Å². The Labute approximate surface area is 129 Å². The first-order valence-electron chi connectivity index (χ1n) is 9.36. The molecule has 6 atom stereocenters. The van der Waals surface area contributed by atoms with Gasteiger partial charge < -0.3 is 0 Å². The van der Waals surface area contributed by atoms with Crippen molar-refractivity contribution in [2.75, 3.05) is 0 Å². The van der Waals surface area contributed by atoms with Crippen molar-refractivity contribution >= 4 is 5.78 Å². The SMILES string of the molecule is CCC1C[C@H]2C(=CC1=O)CC[C@@H]1[C@@H]2CC[C@]2(C)CCC[C@@H]12. The van der Waals surface area contributed by atoms with Gasteiger partial charge in [-0.2, -0.15) is 0 Å². The molecule has 4 aliphatic rings. The van der Waals surface area contributed by atoms with Crippen LogP contribution in [0.2, 0.25) is 0 Å². The average molecular weight is 286 g/mol. The molecule has 1 nitrogen and oxygen atoms in total. The van der Waals surface area contributed by atoms with E-state index in [0.717, 1.165) is 30.1 Å². The summed E-state index contributed by atoms with van der Waals surface area (Å²) in [6.45, 7) is 4.77. The van der Waals surface area contributed by atoms with Gasteiger partial charge >= 0.3 is 0 Å². The number of hydrogen-bond donors (Lipinski definition) is 0. The van der Waals surface area contributed by atoms with Crippen molar-refractivity contribution in [3.05, 3.63) is 11.6 Å². The molecule has 0 aliphatic heterocycles. The smallest absolute Gasteiger partial charge is 0.158 e. The van der Waals surface area contributed by atoms with E-state index in [2.05, 4.69) is 19.9 Å². The largest absolute Gasteiger partial charge is 0.295 e. The summed E-state index contributed by atoms with van der Waals surface area (Å²) in [4.78, 5) is 12.2. The predicted molar refractivity (Wildman–Crippen MR) is 85.9 cm³/mol. The highest BCUT2D eigenvalue weighted by atomic mass is 16.1. The first kappa shape index (κ1) is 14.0. The molecule has 0 saturated heterocycles. The minimum Gasteiger partial charge on any atom is -0.295 e. The van der Waals surface area contributed by atoms with E-state index >= 15 is 0 Å². The lowest BCUT2D eigenvalue weighted by Gasteiger charge is -2.53. The maximum atomic E-state index is 12.2. The highest BCUT2D eigenvalue weighted by Gasteiger charge is 2.52. The Kier molecular flexibility index (Phi) is 3.32. The zero-order chi connectivity index (χ0) is 14.6. The summed E-state index contributed by atoms with van der Waals surface area (Å²) in [6.07, 6.45) is 14.2. The first-order chi connectivity index (χ1) is 10.1. The fourth-order valence-corrected chi connectivity index (χ4v) is 6.61. The van der Waals surface area contributed by atoms with Crippen molar-refractivity contribution in [1.29, 1.82) is 0 Å². The van der Waals surface area contributed by atoms with Crippen molar-refractivity contribution in [2.24, 2.45) is 35.0 Å². The second-order valence-corrected chi connectivity index (χ2v) is 8.63. The number of carbonyl (C=O) groups excluding carboxylic acids is 1.